The Kier molecular flexibility index (Phi) is 4.13. The number of rotatable bonds is 4. The van der Waals surface area contributed by atoms with Gasteiger partial charge in [0.25, 0.3) is 0 Å². The van der Waals surface area contributed by atoms with E-state index in [0.717, 1.165) is 23.5 Å². The highest BCUT2D eigenvalue weighted by Crippen LogP contribution is 2.44. The summed E-state index contributed by atoms with van der Waals surface area (Å²) in [4.78, 5) is 24.3. The predicted molar refractivity (Wildman–Crippen MR) is 95.3 cm³/mol. The monoisotopic (exact) mass is 361 g/mol. The van der Waals surface area contributed by atoms with E-state index in [0.29, 0.717) is 24.5 Å². The van der Waals surface area contributed by atoms with Crippen LogP contribution in [0.2, 0.25) is 0 Å². The van der Waals surface area contributed by atoms with E-state index in [1.165, 1.54) is 11.3 Å². The van der Waals surface area contributed by atoms with Crippen LogP contribution in [0.1, 0.15) is 36.4 Å². The number of fused-ring (bicyclic) bond motifs is 2. The predicted octanol–water partition coefficient (Wildman–Crippen LogP) is 1.64. The third kappa shape index (κ3) is 3.09. The number of anilines is 1. The van der Waals surface area contributed by atoms with E-state index in [1.54, 1.807) is 12.4 Å². The van der Waals surface area contributed by atoms with Crippen LogP contribution in [0.5, 0.6) is 0 Å². The number of piperidine rings is 1. The number of hydrogen-bond donors (Lipinski definition) is 2. The summed E-state index contributed by atoms with van der Waals surface area (Å²) in [6.07, 6.45) is 8.63. The molecule has 2 saturated heterocycles. The number of hydrogen-bond acceptors (Lipinski definition) is 6. The summed E-state index contributed by atoms with van der Waals surface area (Å²) >= 11 is 1.48. The molecule has 3 atom stereocenters. The Hall–Kier alpha value is -1.77. The molecule has 134 valence electrons. The first-order chi connectivity index (χ1) is 11.9. The van der Waals surface area contributed by atoms with Crippen LogP contribution in [0, 0.1) is 6.92 Å². The summed E-state index contributed by atoms with van der Waals surface area (Å²) in [7, 11) is 1.91. The van der Waals surface area contributed by atoms with Gasteiger partial charge in [-0.05, 0) is 32.6 Å². The third-order valence-corrected chi connectivity index (χ3v) is 6.18. The third-order valence-electron chi connectivity index (χ3n) is 5.35. The minimum Gasteiger partial charge on any atom is -0.382 e. The zero-order valence-corrected chi connectivity index (χ0v) is 15.3. The van der Waals surface area contributed by atoms with Gasteiger partial charge in [0.05, 0.1) is 6.54 Å². The number of aromatic nitrogens is 3. The average Bonchev–Trinajstić information content (AvgIpc) is 3.21. The van der Waals surface area contributed by atoms with Crippen LogP contribution >= 0.6 is 11.3 Å². The van der Waals surface area contributed by atoms with E-state index in [-0.39, 0.29) is 18.0 Å². The molecule has 8 heteroatoms. The van der Waals surface area contributed by atoms with E-state index in [4.69, 9.17) is 0 Å². The Balaban J connectivity index is 1.44. The molecule has 2 bridgehead atoms. The number of imidazole rings is 1. The number of nitrogens with zero attached hydrogens (tertiary/aromatic N) is 4. The maximum atomic E-state index is 12.4. The smallest absolute Gasteiger partial charge is 0.240 e. The Morgan fingerprint density at radius 2 is 2.12 bits per heavy atom. The van der Waals surface area contributed by atoms with Crippen molar-refractivity contribution in [3.05, 3.63) is 29.3 Å². The van der Waals surface area contributed by atoms with Crippen molar-refractivity contribution in [2.45, 2.75) is 50.3 Å². The first kappa shape index (κ1) is 16.7. The average molecular weight is 361 g/mol. The molecule has 0 aliphatic carbocycles. The second kappa shape index (κ2) is 6.19. The fraction of sp³-hybridized carbons (Fsp3) is 0.588. The van der Waals surface area contributed by atoms with Gasteiger partial charge in [-0.15, -0.1) is 11.3 Å². The van der Waals surface area contributed by atoms with Gasteiger partial charge in [-0.2, -0.15) is 0 Å². The summed E-state index contributed by atoms with van der Waals surface area (Å²) in [6, 6.07) is 0.425. The molecule has 0 radical (unpaired) electrons. The van der Waals surface area contributed by atoms with Gasteiger partial charge in [-0.3, -0.25) is 9.69 Å². The number of thiazole rings is 1. The van der Waals surface area contributed by atoms with Gasteiger partial charge in [0.1, 0.15) is 11.4 Å². The number of aliphatic hydroxyl groups is 1. The highest BCUT2D eigenvalue weighted by atomic mass is 32.1. The van der Waals surface area contributed by atoms with Gasteiger partial charge in [0, 0.05) is 42.6 Å². The van der Waals surface area contributed by atoms with Gasteiger partial charge in [-0.25, -0.2) is 9.97 Å². The molecule has 4 rings (SSSR count). The van der Waals surface area contributed by atoms with Crippen molar-refractivity contribution in [3.63, 3.8) is 0 Å². The number of carbonyl (C=O) groups excluding carboxylic acids is 1. The molecule has 2 aliphatic rings. The van der Waals surface area contributed by atoms with Crippen LogP contribution in [0.25, 0.3) is 0 Å². The molecule has 2 aliphatic heterocycles. The van der Waals surface area contributed by atoms with Crippen molar-refractivity contribution in [1.29, 1.82) is 0 Å². The Morgan fingerprint density at radius 1 is 1.40 bits per heavy atom. The Morgan fingerprint density at radius 3 is 2.68 bits per heavy atom. The molecule has 0 aromatic carbocycles. The van der Waals surface area contributed by atoms with Crippen LogP contribution in [-0.2, 0) is 17.4 Å². The molecule has 1 amide bonds. The van der Waals surface area contributed by atoms with Gasteiger partial charge < -0.3 is 15.0 Å². The molecule has 2 N–H and O–H groups in total. The lowest BCUT2D eigenvalue weighted by Crippen LogP contribution is -2.52. The minimum absolute atomic E-state index is 0.0336. The first-order valence-corrected chi connectivity index (χ1v) is 9.44. The molecule has 7 nitrogen and oxygen atoms in total. The zero-order chi connectivity index (χ0) is 17.6. The van der Waals surface area contributed by atoms with E-state index in [9.17, 15) is 9.90 Å². The fourth-order valence-electron chi connectivity index (χ4n) is 4.31. The zero-order valence-electron chi connectivity index (χ0n) is 14.5. The van der Waals surface area contributed by atoms with Crippen molar-refractivity contribution in [2.75, 3.05) is 11.9 Å². The normalized spacial score (nSPS) is 29.1. The molecule has 0 saturated carbocycles. The number of aryl methyl sites for hydroxylation is 2. The quantitative estimate of drug-likeness (QED) is 0.865. The standard InChI is InChI=1S/C17H23N5O2S/c1-11-9-19-16(25-11)20-14(23)10-22-12-3-4-13(22)8-17(24,7-12)15-18-5-6-21(15)2/h5-6,9,12-13,24H,3-4,7-8,10H2,1-2H3,(H,19,20,23)/t12-,13+,17?. The molecule has 25 heavy (non-hydrogen) atoms. The Bertz CT molecular complexity index is 772. The minimum atomic E-state index is -0.899. The fourth-order valence-corrected chi connectivity index (χ4v) is 4.99. The summed E-state index contributed by atoms with van der Waals surface area (Å²) < 4.78 is 1.90. The maximum absolute atomic E-state index is 12.4. The lowest BCUT2D eigenvalue weighted by atomic mass is 9.85. The lowest BCUT2D eigenvalue weighted by Gasteiger charge is -2.43. The van der Waals surface area contributed by atoms with Gasteiger partial charge in [0.2, 0.25) is 5.91 Å². The molecule has 1 unspecified atom stereocenters. The first-order valence-electron chi connectivity index (χ1n) is 8.63. The van der Waals surface area contributed by atoms with Crippen LogP contribution in [0.4, 0.5) is 5.13 Å². The summed E-state index contributed by atoms with van der Waals surface area (Å²) in [5, 5.41) is 14.7. The molecular formula is C17H23N5O2S. The van der Waals surface area contributed by atoms with E-state index < -0.39 is 5.60 Å². The van der Waals surface area contributed by atoms with E-state index in [2.05, 4.69) is 20.2 Å². The second-order valence-electron chi connectivity index (χ2n) is 7.18. The van der Waals surface area contributed by atoms with Crippen molar-refractivity contribution < 1.29 is 9.90 Å². The second-order valence-corrected chi connectivity index (χ2v) is 8.42. The number of carbonyl (C=O) groups is 1. The van der Waals surface area contributed by atoms with Crippen LogP contribution in [-0.4, -0.2) is 49.1 Å². The SMILES string of the molecule is Cc1cnc(NC(=O)CN2[C@@H]3CC[C@H]2CC(O)(c2nccn2C)C3)s1. The molecule has 4 heterocycles. The maximum Gasteiger partial charge on any atom is 0.240 e. The molecule has 2 aromatic rings. The summed E-state index contributed by atoms with van der Waals surface area (Å²) in [6.45, 7) is 2.32. The summed E-state index contributed by atoms with van der Waals surface area (Å²) in [5.41, 5.74) is -0.899. The van der Waals surface area contributed by atoms with Gasteiger partial charge >= 0.3 is 0 Å². The van der Waals surface area contributed by atoms with Crippen LogP contribution < -0.4 is 5.32 Å². The highest BCUT2D eigenvalue weighted by molar-refractivity contribution is 7.15. The highest BCUT2D eigenvalue weighted by Gasteiger charge is 2.50. The summed E-state index contributed by atoms with van der Waals surface area (Å²) in [5.74, 6) is 0.695. The molecule has 0 spiro atoms. The van der Waals surface area contributed by atoms with Crippen molar-refractivity contribution >= 4 is 22.4 Å². The molecule has 2 aromatic heterocycles. The topological polar surface area (TPSA) is 83.3 Å². The van der Waals surface area contributed by atoms with E-state index >= 15 is 0 Å². The van der Waals surface area contributed by atoms with Crippen LogP contribution in [0.15, 0.2) is 18.6 Å². The van der Waals surface area contributed by atoms with Crippen molar-refractivity contribution in [2.24, 2.45) is 7.05 Å². The van der Waals surface area contributed by atoms with Gasteiger partial charge in [0.15, 0.2) is 5.13 Å². The number of nitrogens with one attached hydrogen (secondary N) is 1. The van der Waals surface area contributed by atoms with Crippen molar-refractivity contribution in [3.8, 4) is 0 Å². The van der Waals surface area contributed by atoms with E-state index in [1.807, 2.05) is 24.7 Å². The number of amides is 1. The Labute approximate surface area is 150 Å². The lowest BCUT2D eigenvalue weighted by molar-refractivity contribution is -0.121. The molecule has 2 fully saturated rings. The van der Waals surface area contributed by atoms with Crippen LogP contribution in [0.3, 0.4) is 0 Å². The van der Waals surface area contributed by atoms with Crippen molar-refractivity contribution in [1.82, 2.24) is 19.4 Å². The van der Waals surface area contributed by atoms with Gasteiger partial charge in [-0.1, -0.05) is 0 Å². The largest absolute Gasteiger partial charge is 0.382 e. The molecular weight excluding hydrogens is 338 g/mol.